The van der Waals surface area contributed by atoms with E-state index < -0.39 is 0 Å². The molecule has 18 heavy (non-hydrogen) atoms. The van der Waals surface area contributed by atoms with Crippen LogP contribution in [0.5, 0.6) is 0 Å². The molecule has 0 saturated heterocycles. The predicted molar refractivity (Wildman–Crippen MR) is 71.9 cm³/mol. The second-order valence-corrected chi connectivity index (χ2v) is 4.99. The molecule has 0 aliphatic carbocycles. The summed E-state index contributed by atoms with van der Waals surface area (Å²) in [6.07, 6.45) is 2.22. The van der Waals surface area contributed by atoms with Gasteiger partial charge in [-0.2, -0.15) is 0 Å². The van der Waals surface area contributed by atoms with Gasteiger partial charge >= 0.3 is 0 Å². The number of nitrogens with zero attached hydrogens (tertiary/aromatic N) is 1. The molecule has 2 nitrogen and oxygen atoms in total. The van der Waals surface area contributed by atoms with Gasteiger partial charge in [0.25, 0.3) is 0 Å². The maximum absolute atomic E-state index is 13.7. The van der Waals surface area contributed by atoms with E-state index in [-0.39, 0.29) is 18.3 Å². The van der Waals surface area contributed by atoms with Gasteiger partial charge in [-0.05, 0) is 46.1 Å². The lowest BCUT2D eigenvalue weighted by atomic mass is 9.94. The highest BCUT2D eigenvalue weighted by Crippen LogP contribution is 2.22. The smallest absolute Gasteiger partial charge is 0.126 e. The molecule has 94 valence electrons. The van der Waals surface area contributed by atoms with Crippen molar-refractivity contribution in [3.8, 4) is 0 Å². The van der Waals surface area contributed by atoms with Crippen molar-refractivity contribution in [3.05, 3.63) is 64.1 Å². The molecule has 0 amide bonds. The summed E-state index contributed by atoms with van der Waals surface area (Å²) < 4.78 is 14.6. The molecule has 1 atom stereocenters. The van der Waals surface area contributed by atoms with E-state index in [2.05, 4.69) is 20.9 Å². The van der Waals surface area contributed by atoms with Gasteiger partial charge in [-0.25, -0.2) is 4.39 Å². The van der Waals surface area contributed by atoms with Crippen molar-refractivity contribution in [2.24, 2.45) is 0 Å². The molecule has 0 saturated carbocycles. The fourth-order valence-electron chi connectivity index (χ4n) is 1.86. The predicted octanol–water partition coefficient (Wildman–Crippen LogP) is 3.30. The standard InChI is InChI=1S/C14H13BrFNO/c15-11-5-6-12(17-8-11)7-10(9-18)13-3-1-2-4-14(13)16/h1-6,8,10,18H,7,9H2. The molecule has 1 heterocycles. The number of halogens is 2. The van der Waals surface area contributed by atoms with Gasteiger partial charge in [-0.3, -0.25) is 4.98 Å². The minimum absolute atomic E-state index is 0.0985. The maximum atomic E-state index is 13.7. The topological polar surface area (TPSA) is 33.1 Å². The molecule has 0 aliphatic rings. The molecule has 1 unspecified atom stereocenters. The van der Waals surface area contributed by atoms with Gasteiger partial charge < -0.3 is 5.11 Å². The number of aliphatic hydroxyl groups excluding tert-OH is 1. The quantitative estimate of drug-likeness (QED) is 0.940. The summed E-state index contributed by atoms with van der Waals surface area (Å²) in [4.78, 5) is 4.24. The third kappa shape index (κ3) is 3.15. The molecular formula is C14H13BrFNO. The highest BCUT2D eigenvalue weighted by atomic mass is 79.9. The molecule has 0 fully saturated rings. The molecule has 2 aromatic rings. The zero-order valence-corrected chi connectivity index (χ0v) is 11.3. The molecule has 0 bridgehead atoms. The minimum atomic E-state index is -0.284. The summed E-state index contributed by atoms with van der Waals surface area (Å²) in [5.41, 5.74) is 1.37. The van der Waals surface area contributed by atoms with Gasteiger partial charge in [-0.15, -0.1) is 0 Å². The van der Waals surface area contributed by atoms with Crippen molar-refractivity contribution < 1.29 is 9.50 Å². The van der Waals surface area contributed by atoms with Crippen molar-refractivity contribution in [3.63, 3.8) is 0 Å². The number of hydrogen-bond acceptors (Lipinski definition) is 2. The van der Waals surface area contributed by atoms with E-state index >= 15 is 0 Å². The van der Waals surface area contributed by atoms with Crippen LogP contribution in [0, 0.1) is 5.82 Å². The molecule has 4 heteroatoms. The Morgan fingerprint density at radius 2 is 2.00 bits per heavy atom. The van der Waals surface area contributed by atoms with Gasteiger partial charge in [0, 0.05) is 22.3 Å². The summed E-state index contributed by atoms with van der Waals surface area (Å²) >= 11 is 3.31. The summed E-state index contributed by atoms with van der Waals surface area (Å²) in [5, 5.41) is 9.42. The molecule has 0 aliphatic heterocycles. The third-order valence-corrected chi connectivity index (χ3v) is 3.28. The normalized spacial score (nSPS) is 12.4. The van der Waals surface area contributed by atoms with Crippen LogP contribution in [0.2, 0.25) is 0 Å². The lowest BCUT2D eigenvalue weighted by Crippen LogP contribution is -2.10. The summed E-state index contributed by atoms with van der Waals surface area (Å²) in [5.74, 6) is -0.548. The zero-order valence-electron chi connectivity index (χ0n) is 9.68. The zero-order chi connectivity index (χ0) is 13.0. The molecule has 2 rings (SSSR count). The van der Waals surface area contributed by atoms with Gasteiger partial charge in [0.15, 0.2) is 0 Å². The highest BCUT2D eigenvalue weighted by molar-refractivity contribution is 9.10. The Morgan fingerprint density at radius 1 is 1.22 bits per heavy atom. The van der Waals surface area contributed by atoms with Crippen LogP contribution in [0.3, 0.4) is 0 Å². The van der Waals surface area contributed by atoms with Crippen LogP contribution < -0.4 is 0 Å². The second-order valence-electron chi connectivity index (χ2n) is 4.07. The van der Waals surface area contributed by atoms with E-state index in [4.69, 9.17) is 0 Å². The van der Waals surface area contributed by atoms with E-state index in [1.165, 1.54) is 6.07 Å². The van der Waals surface area contributed by atoms with Crippen molar-refractivity contribution in [2.45, 2.75) is 12.3 Å². The summed E-state index contributed by atoms with van der Waals surface area (Å²) in [6, 6.07) is 10.3. The van der Waals surface area contributed by atoms with E-state index in [1.54, 1.807) is 24.4 Å². The average molecular weight is 310 g/mol. The Labute approximate surface area is 114 Å². The second kappa shape index (κ2) is 6.07. The first kappa shape index (κ1) is 13.2. The number of pyridine rings is 1. The Hall–Kier alpha value is -1.26. The summed E-state index contributed by atoms with van der Waals surface area (Å²) in [7, 11) is 0. The number of aliphatic hydroxyl groups is 1. The Bertz CT molecular complexity index is 515. The fraction of sp³-hybridized carbons (Fsp3) is 0.214. The van der Waals surface area contributed by atoms with E-state index in [0.717, 1.165) is 10.2 Å². The largest absolute Gasteiger partial charge is 0.396 e. The van der Waals surface area contributed by atoms with Gasteiger partial charge in [-0.1, -0.05) is 18.2 Å². The molecule has 0 spiro atoms. The fourth-order valence-corrected chi connectivity index (χ4v) is 2.09. The van der Waals surface area contributed by atoms with Gasteiger partial charge in [0.2, 0.25) is 0 Å². The van der Waals surface area contributed by atoms with Crippen LogP contribution in [0.1, 0.15) is 17.2 Å². The Morgan fingerprint density at radius 3 is 2.61 bits per heavy atom. The maximum Gasteiger partial charge on any atom is 0.126 e. The Balaban J connectivity index is 2.20. The van der Waals surface area contributed by atoms with E-state index in [9.17, 15) is 9.50 Å². The van der Waals surface area contributed by atoms with Crippen LogP contribution in [0.15, 0.2) is 47.1 Å². The summed E-state index contributed by atoms with van der Waals surface area (Å²) in [6.45, 7) is -0.0985. The molecule has 1 aromatic carbocycles. The third-order valence-electron chi connectivity index (χ3n) is 2.81. The highest BCUT2D eigenvalue weighted by Gasteiger charge is 2.15. The molecular weight excluding hydrogens is 297 g/mol. The van der Waals surface area contributed by atoms with E-state index in [0.29, 0.717) is 12.0 Å². The Kier molecular flexibility index (Phi) is 4.44. The number of rotatable bonds is 4. The van der Waals surface area contributed by atoms with Crippen LogP contribution >= 0.6 is 15.9 Å². The van der Waals surface area contributed by atoms with E-state index in [1.807, 2.05) is 12.1 Å². The van der Waals surface area contributed by atoms with Crippen molar-refractivity contribution in [2.75, 3.05) is 6.61 Å². The number of hydrogen-bond donors (Lipinski definition) is 1. The van der Waals surface area contributed by atoms with Gasteiger partial charge in [0.05, 0.1) is 6.61 Å². The van der Waals surface area contributed by atoms with Crippen molar-refractivity contribution in [1.29, 1.82) is 0 Å². The van der Waals surface area contributed by atoms with Crippen LogP contribution in [-0.4, -0.2) is 16.7 Å². The minimum Gasteiger partial charge on any atom is -0.396 e. The molecule has 0 radical (unpaired) electrons. The van der Waals surface area contributed by atoms with Gasteiger partial charge in [0.1, 0.15) is 5.82 Å². The number of aromatic nitrogens is 1. The van der Waals surface area contributed by atoms with Crippen molar-refractivity contribution >= 4 is 15.9 Å². The molecule has 1 N–H and O–H groups in total. The monoisotopic (exact) mass is 309 g/mol. The van der Waals surface area contributed by atoms with Crippen molar-refractivity contribution in [1.82, 2.24) is 4.98 Å². The lowest BCUT2D eigenvalue weighted by molar-refractivity contribution is 0.261. The first-order chi connectivity index (χ1) is 8.70. The van der Waals surface area contributed by atoms with Crippen LogP contribution in [0.4, 0.5) is 4.39 Å². The first-order valence-electron chi connectivity index (χ1n) is 5.66. The van der Waals surface area contributed by atoms with Crippen LogP contribution in [0.25, 0.3) is 0 Å². The average Bonchev–Trinajstić information content (AvgIpc) is 2.39. The SMILES string of the molecule is OCC(Cc1ccc(Br)cn1)c1ccccc1F. The first-order valence-corrected chi connectivity index (χ1v) is 6.45. The number of benzene rings is 1. The van der Waals surface area contributed by atoms with Crippen LogP contribution in [-0.2, 0) is 6.42 Å². The lowest BCUT2D eigenvalue weighted by Gasteiger charge is -2.14. The molecule has 1 aromatic heterocycles.